The average Bonchev–Trinajstić information content (AvgIpc) is 2.48. The number of terminal acetylenes is 1. The van der Waals surface area contributed by atoms with E-state index in [0.717, 1.165) is 12.8 Å². The fourth-order valence-corrected chi connectivity index (χ4v) is 1.67. The van der Waals surface area contributed by atoms with Gasteiger partial charge in [-0.2, -0.15) is 0 Å². The van der Waals surface area contributed by atoms with E-state index in [-0.39, 0.29) is 0 Å². The molecule has 1 aromatic rings. The second-order valence-electron chi connectivity index (χ2n) is 3.71. The normalized spacial score (nSPS) is 10.1. The van der Waals surface area contributed by atoms with Gasteiger partial charge in [0.2, 0.25) is 0 Å². The molecule has 0 bridgehead atoms. The van der Waals surface area contributed by atoms with Crippen LogP contribution in [0.2, 0.25) is 0 Å². The zero-order valence-corrected chi connectivity index (χ0v) is 13.1. The van der Waals surface area contributed by atoms with E-state index in [0.29, 0.717) is 5.92 Å². The molecule has 0 aliphatic heterocycles. The standard InChI is InChI=1S/C14H18.2C2H6/c1-4-6-9-13-10-7-8-11-14(13)12(3)5-2;2*1-2/h1,7-8,10-12H,5-6,9H2,2-3H3;2*1-2H3. The molecule has 0 heterocycles. The summed E-state index contributed by atoms with van der Waals surface area (Å²) in [7, 11) is 0. The molecule has 1 rings (SSSR count). The topological polar surface area (TPSA) is 0 Å². The van der Waals surface area contributed by atoms with Gasteiger partial charge in [-0.15, -0.1) is 12.3 Å². The van der Waals surface area contributed by atoms with Gasteiger partial charge in [-0.1, -0.05) is 65.8 Å². The highest BCUT2D eigenvalue weighted by Crippen LogP contribution is 2.23. The minimum absolute atomic E-state index is 0.643. The van der Waals surface area contributed by atoms with Crippen molar-refractivity contribution in [3.63, 3.8) is 0 Å². The molecule has 0 aliphatic carbocycles. The molecular weight excluding hydrogens is 216 g/mol. The van der Waals surface area contributed by atoms with E-state index in [1.807, 2.05) is 27.7 Å². The lowest BCUT2D eigenvalue weighted by molar-refractivity contribution is 0.721. The molecule has 1 aromatic carbocycles. The van der Waals surface area contributed by atoms with Gasteiger partial charge in [0.15, 0.2) is 0 Å². The van der Waals surface area contributed by atoms with Gasteiger partial charge in [0, 0.05) is 6.42 Å². The van der Waals surface area contributed by atoms with Crippen LogP contribution in [0.4, 0.5) is 0 Å². The Balaban J connectivity index is 0. The van der Waals surface area contributed by atoms with Crippen LogP contribution in [0.1, 0.15) is 71.4 Å². The fourth-order valence-electron chi connectivity index (χ4n) is 1.67. The van der Waals surface area contributed by atoms with Crippen LogP contribution in [0.3, 0.4) is 0 Å². The van der Waals surface area contributed by atoms with Crippen LogP contribution in [0.5, 0.6) is 0 Å². The summed E-state index contributed by atoms with van der Waals surface area (Å²) in [4.78, 5) is 0. The number of rotatable bonds is 4. The number of aryl methyl sites for hydroxylation is 1. The monoisotopic (exact) mass is 246 g/mol. The summed E-state index contributed by atoms with van der Waals surface area (Å²) in [6, 6.07) is 8.62. The molecule has 1 atom stereocenters. The molecule has 0 aromatic heterocycles. The molecule has 0 nitrogen and oxygen atoms in total. The van der Waals surface area contributed by atoms with Crippen LogP contribution in [0.15, 0.2) is 24.3 Å². The first kappa shape index (κ1) is 19.1. The molecule has 18 heavy (non-hydrogen) atoms. The van der Waals surface area contributed by atoms with Crippen LogP contribution in [-0.4, -0.2) is 0 Å². The summed E-state index contributed by atoms with van der Waals surface area (Å²) in [6.07, 6.45) is 8.32. The Morgan fingerprint density at radius 2 is 1.67 bits per heavy atom. The third kappa shape index (κ3) is 7.17. The third-order valence-electron chi connectivity index (χ3n) is 2.74. The number of benzene rings is 1. The molecule has 0 aliphatic rings. The Labute approximate surface area is 115 Å². The zero-order chi connectivity index (χ0) is 14.4. The summed E-state index contributed by atoms with van der Waals surface area (Å²) < 4.78 is 0. The van der Waals surface area contributed by atoms with Gasteiger partial charge in [-0.3, -0.25) is 0 Å². The van der Waals surface area contributed by atoms with Crippen molar-refractivity contribution in [2.45, 2.75) is 66.7 Å². The first-order chi connectivity index (χ1) is 8.79. The molecule has 0 saturated heterocycles. The van der Waals surface area contributed by atoms with Gasteiger partial charge in [0.1, 0.15) is 0 Å². The molecule has 1 unspecified atom stereocenters. The van der Waals surface area contributed by atoms with Crippen molar-refractivity contribution in [1.82, 2.24) is 0 Å². The molecule has 0 spiro atoms. The molecule has 0 N–H and O–H groups in total. The van der Waals surface area contributed by atoms with Gasteiger partial charge in [-0.05, 0) is 29.9 Å². The lowest BCUT2D eigenvalue weighted by Crippen LogP contribution is -1.97. The van der Waals surface area contributed by atoms with Crippen LogP contribution >= 0.6 is 0 Å². The summed E-state index contributed by atoms with van der Waals surface area (Å²) in [5.41, 5.74) is 2.88. The Kier molecular flexibility index (Phi) is 14.7. The number of hydrogen-bond donors (Lipinski definition) is 0. The Morgan fingerprint density at radius 1 is 1.11 bits per heavy atom. The van der Waals surface area contributed by atoms with Crippen molar-refractivity contribution in [3.8, 4) is 12.3 Å². The SMILES string of the molecule is C#CCCc1ccccc1C(C)CC.CC.CC. The zero-order valence-electron chi connectivity index (χ0n) is 13.1. The van der Waals surface area contributed by atoms with Gasteiger partial charge in [0.05, 0.1) is 0 Å². The van der Waals surface area contributed by atoms with E-state index in [1.165, 1.54) is 17.5 Å². The van der Waals surface area contributed by atoms with E-state index < -0.39 is 0 Å². The minimum atomic E-state index is 0.643. The van der Waals surface area contributed by atoms with Gasteiger partial charge >= 0.3 is 0 Å². The highest BCUT2D eigenvalue weighted by molar-refractivity contribution is 5.30. The van der Waals surface area contributed by atoms with Crippen molar-refractivity contribution in [2.75, 3.05) is 0 Å². The molecule has 0 radical (unpaired) electrons. The average molecular weight is 246 g/mol. The van der Waals surface area contributed by atoms with E-state index in [4.69, 9.17) is 6.42 Å². The molecule has 102 valence electrons. The first-order valence-corrected chi connectivity index (χ1v) is 7.30. The van der Waals surface area contributed by atoms with Crippen molar-refractivity contribution >= 4 is 0 Å². The maximum absolute atomic E-state index is 5.29. The van der Waals surface area contributed by atoms with Gasteiger partial charge < -0.3 is 0 Å². The van der Waals surface area contributed by atoms with Crippen molar-refractivity contribution in [3.05, 3.63) is 35.4 Å². The fraction of sp³-hybridized carbons (Fsp3) is 0.556. The maximum atomic E-state index is 5.29. The smallest absolute Gasteiger partial charge is 0.0127 e. The van der Waals surface area contributed by atoms with E-state index in [2.05, 4.69) is 44.0 Å². The van der Waals surface area contributed by atoms with E-state index in [1.54, 1.807) is 0 Å². The predicted molar refractivity (Wildman–Crippen MR) is 85.0 cm³/mol. The lowest BCUT2D eigenvalue weighted by atomic mass is 9.92. The van der Waals surface area contributed by atoms with E-state index in [9.17, 15) is 0 Å². The van der Waals surface area contributed by atoms with Gasteiger partial charge in [0.25, 0.3) is 0 Å². The summed E-state index contributed by atoms with van der Waals surface area (Å²) >= 11 is 0. The molecule has 0 amide bonds. The highest BCUT2D eigenvalue weighted by atomic mass is 14.1. The Hall–Kier alpha value is -1.22. The predicted octanol–water partition coefficient (Wildman–Crippen LogP) is 5.82. The van der Waals surface area contributed by atoms with Crippen LogP contribution < -0.4 is 0 Å². The summed E-state index contributed by atoms with van der Waals surface area (Å²) in [6.45, 7) is 12.5. The molecule has 0 saturated carbocycles. The van der Waals surface area contributed by atoms with Crippen molar-refractivity contribution < 1.29 is 0 Å². The molecular formula is C18H30. The quantitative estimate of drug-likeness (QED) is 0.587. The lowest BCUT2D eigenvalue weighted by Gasteiger charge is -2.13. The van der Waals surface area contributed by atoms with Crippen LogP contribution in [-0.2, 0) is 6.42 Å². The summed E-state index contributed by atoms with van der Waals surface area (Å²) in [5, 5.41) is 0. The first-order valence-electron chi connectivity index (χ1n) is 7.30. The summed E-state index contributed by atoms with van der Waals surface area (Å²) in [5.74, 6) is 3.34. The van der Waals surface area contributed by atoms with Crippen LogP contribution in [0, 0.1) is 12.3 Å². The van der Waals surface area contributed by atoms with E-state index >= 15 is 0 Å². The van der Waals surface area contributed by atoms with Crippen molar-refractivity contribution in [1.29, 1.82) is 0 Å². The second-order valence-corrected chi connectivity index (χ2v) is 3.71. The Bertz CT molecular complexity index is 317. The van der Waals surface area contributed by atoms with Crippen molar-refractivity contribution in [2.24, 2.45) is 0 Å². The second kappa shape index (κ2) is 13.8. The van der Waals surface area contributed by atoms with Gasteiger partial charge in [-0.25, -0.2) is 0 Å². The molecule has 0 heteroatoms. The number of hydrogen-bond acceptors (Lipinski definition) is 0. The third-order valence-corrected chi connectivity index (χ3v) is 2.74. The largest absolute Gasteiger partial charge is 0.120 e. The highest BCUT2D eigenvalue weighted by Gasteiger charge is 2.06. The Morgan fingerprint density at radius 3 is 2.17 bits per heavy atom. The maximum Gasteiger partial charge on any atom is 0.0127 e. The minimum Gasteiger partial charge on any atom is -0.120 e. The van der Waals surface area contributed by atoms with Crippen LogP contribution in [0.25, 0.3) is 0 Å². The molecule has 0 fully saturated rings.